The summed E-state index contributed by atoms with van der Waals surface area (Å²) >= 11 is 0. The van der Waals surface area contributed by atoms with Crippen LogP contribution < -0.4 is 10.6 Å². The number of pyridine rings is 2. The molecule has 8 heteroatoms. The second kappa shape index (κ2) is 9.01. The molecule has 0 radical (unpaired) electrons. The molecule has 0 N–H and O–H groups in total. The van der Waals surface area contributed by atoms with Crippen molar-refractivity contribution in [3.8, 4) is 11.1 Å². The summed E-state index contributed by atoms with van der Waals surface area (Å²) in [7, 11) is 7.88. The van der Waals surface area contributed by atoms with Gasteiger partial charge in [0.1, 0.15) is 5.82 Å². The molecule has 3 aromatic heterocycles. The number of hydrogen-bond acceptors (Lipinski definition) is 6. The van der Waals surface area contributed by atoms with Gasteiger partial charge in [-0.2, -0.15) is 0 Å². The molecular formula is C28H34N6O2. The maximum atomic E-state index is 13.4. The molecule has 6 rings (SSSR count). The van der Waals surface area contributed by atoms with Crippen molar-refractivity contribution in [2.24, 2.45) is 7.05 Å². The molecule has 0 amide bonds. The lowest BCUT2D eigenvalue weighted by atomic mass is 9.92. The summed E-state index contributed by atoms with van der Waals surface area (Å²) in [5.74, 6) is 1.02. The number of fused-ring (bicyclic) bond motifs is 3. The predicted molar refractivity (Wildman–Crippen MR) is 144 cm³/mol. The lowest BCUT2D eigenvalue weighted by molar-refractivity contribution is 0.0585. The van der Waals surface area contributed by atoms with Crippen LogP contribution in [-0.2, 0) is 11.8 Å². The smallest absolute Gasteiger partial charge is 0.329 e. The van der Waals surface area contributed by atoms with E-state index in [1.165, 1.54) is 0 Å². The monoisotopic (exact) mass is 486 g/mol. The molecule has 0 unspecified atom stereocenters. The van der Waals surface area contributed by atoms with E-state index in [4.69, 9.17) is 9.72 Å². The number of likely N-dealkylation sites (N-methyl/N-ethyl adjacent to an activating group) is 1. The number of anilines is 1. The molecule has 36 heavy (non-hydrogen) atoms. The van der Waals surface area contributed by atoms with Gasteiger partial charge in [-0.3, -0.25) is 14.1 Å². The van der Waals surface area contributed by atoms with Gasteiger partial charge in [0, 0.05) is 56.5 Å². The van der Waals surface area contributed by atoms with Gasteiger partial charge in [0.25, 0.3) is 0 Å². The minimum atomic E-state index is 0.0298. The van der Waals surface area contributed by atoms with Crippen molar-refractivity contribution in [2.75, 3.05) is 39.2 Å². The molecule has 0 bridgehead atoms. The van der Waals surface area contributed by atoms with Crippen LogP contribution in [0.15, 0.2) is 47.5 Å². The van der Waals surface area contributed by atoms with Gasteiger partial charge in [0.15, 0.2) is 0 Å². The van der Waals surface area contributed by atoms with Crippen LogP contribution in [0, 0.1) is 0 Å². The second-order valence-corrected chi connectivity index (χ2v) is 10.5. The maximum Gasteiger partial charge on any atom is 0.329 e. The van der Waals surface area contributed by atoms with Gasteiger partial charge in [-0.15, -0.1) is 0 Å². The normalized spacial score (nSPS) is 21.0. The first-order valence-electron chi connectivity index (χ1n) is 12.8. The molecule has 2 aliphatic rings. The van der Waals surface area contributed by atoms with Gasteiger partial charge in [-0.25, -0.2) is 9.78 Å². The van der Waals surface area contributed by atoms with Gasteiger partial charge >= 0.3 is 5.69 Å². The quantitative estimate of drug-likeness (QED) is 0.427. The van der Waals surface area contributed by atoms with E-state index in [1.54, 1.807) is 11.7 Å². The van der Waals surface area contributed by atoms with Crippen LogP contribution in [0.1, 0.15) is 31.7 Å². The molecule has 0 spiro atoms. The molecule has 8 nitrogen and oxygen atoms in total. The van der Waals surface area contributed by atoms with E-state index >= 15 is 0 Å². The standard InChI is InChI=1S/C28H34N6O2/c1-31(2)21-16-33(17-21)26-12-6-19(14-30-26)18-5-11-24-23(13-18)27-25(15-29-24)32(3)28(35)34(27)20-7-9-22(36-4)10-8-20/h5-6,11-15,20-22H,7-10,16-17H2,1-4H3/t20-,22-. The summed E-state index contributed by atoms with van der Waals surface area (Å²) in [6.07, 6.45) is 7.91. The number of aryl methyl sites for hydroxylation is 1. The van der Waals surface area contributed by atoms with Gasteiger partial charge in [-0.05, 0) is 69.6 Å². The number of nitrogens with zero attached hydrogens (tertiary/aromatic N) is 6. The number of aromatic nitrogens is 4. The Bertz CT molecular complexity index is 1460. The van der Waals surface area contributed by atoms with Gasteiger partial charge < -0.3 is 14.5 Å². The summed E-state index contributed by atoms with van der Waals surface area (Å²) in [5.41, 5.74) is 4.93. The zero-order chi connectivity index (χ0) is 25.0. The molecule has 4 heterocycles. The van der Waals surface area contributed by atoms with Crippen LogP contribution >= 0.6 is 0 Å². The molecule has 1 aliphatic carbocycles. The zero-order valence-electron chi connectivity index (χ0n) is 21.5. The highest BCUT2D eigenvalue weighted by Gasteiger charge is 2.29. The highest BCUT2D eigenvalue weighted by Crippen LogP contribution is 2.35. The Hall–Kier alpha value is -3.23. The van der Waals surface area contributed by atoms with Crippen molar-refractivity contribution in [3.05, 3.63) is 53.2 Å². The highest BCUT2D eigenvalue weighted by molar-refractivity contribution is 6.04. The Labute approximate surface area is 211 Å². The molecule has 1 saturated heterocycles. The summed E-state index contributed by atoms with van der Waals surface area (Å²) in [6, 6.07) is 11.3. The van der Waals surface area contributed by atoms with Crippen LogP contribution in [0.4, 0.5) is 5.82 Å². The van der Waals surface area contributed by atoms with Gasteiger partial charge in [0.2, 0.25) is 0 Å². The summed E-state index contributed by atoms with van der Waals surface area (Å²) in [4.78, 5) is 27.4. The first-order chi connectivity index (χ1) is 17.4. The predicted octanol–water partition coefficient (Wildman–Crippen LogP) is 3.83. The largest absolute Gasteiger partial charge is 0.381 e. The third-order valence-corrected chi connectivity index (χ3v) is 8.26. The first-order valence-corrected chi connectivity index (χ1v) is 12.8. The Balaban J connectivity index is 1.38. The number of rotatable bonds is 5. The van der Waals surface area contributed by atoms with Gasteiger partial charge in [-0.1, -0.05) is 6.07 Å². The molecule has 4 aromatic rings. The van der Waals surface area contributed by atoms with Crippen LogP contribution in [-0.4, -0.2) is 70.4 Å². The Morgan fingerprint density at radius 1 is 0.972 bits per heavy atom. The Kier molecular flexibility index (Phi) is 5.80. The van der Waals surface area contributed by atoms with Crippen molar-refractivity contribution in [2.45, 2.75) is 43.9 Å². The van der Waals surface area contributed by atoms with Crippen molar-refractivity contribution >= 4 is 27.8 Å². The molecule has 1 saturated carbocycles. The number of hydrogen-bond donors (Lipinski definition) is 0. The van der Waals surface area contributed by atoms with Crippen LogP contribution in [0.5, 0.6) is 0 Å². The van der Waals surface area contributed by atoms with E-state index in [-0.39, 0.29) is 17.8 Å². The van der Waals surface area contributed by atoms with Crippen LogP contribution in [0.25, 0.3) is 33.1 Å². The topological polar surface area (TPSA) is 68.4 Å². The molecule has 1 aromatic carbocycles. The minimum Gasteiger partial charge on any atom is -0.381 e. The fourth-order valence-corrected chi connectivity index (χ4v) is 5.80. The van der Waals surface area contributed by atoms with Gasteiger partial charge in [0.05, 0.1) is 28.9 Å². The SMILES string of the molecule is CO[C@H]1CC[C@H](n2c(=O)n(C)c3cnc4ccc(-c5ccc(N6CC(N(C)C)C6)nc5)cc4c32)CC1. The molecular weight excluding hydrogens is 452 g/mol. The number of benzene rings is 1. The summed E-state index contributed by atoms with van der Waals surface area (Å²) < 4.78 is 9.32. The summed E-state index contributed by atoms with van der Waals surface area (Å²) in [6.45, 7) is 2.02. The van der Waals surface area contributed by atoms with E-state index in [0.29, 0.717) is 6.04 Å². The zero-order valence-corrected chi connectivity index (χ0v) is 21.5. The fourth-order valence-electron chi connectivity index (χ4n) is 5.80. The second-order valence-electron chi connectivity index (χ2n) is 10.5. The summed E-state index contributed by atoms with van der Waals surface area (Å²) in [5, 5.41) is 1.01. The van der Waals surface area contributed by atoms with Crippen molar-refractivity contribution in [1.82, 2.24) is 24.0 Å². The van der Waals surface area contributed by atoms with E-state index in [1.807, 2.05) is 24.0 Å². The van der Waals surface area contributed by atoms with Crippen molar-refractivity contribution < 1.29 is 4.74 Å². The lowest BCUT2D eigenvalue weighted by Gasteiger charge is -2.43. The average Bonchev–Trinajstić information content (AvgIpc) is 3.13. The molecule has 0 atom stereocenters. The van der Waals surface area contributed by atoms with Crippen LogP contribution in [0.3, 0.4) is 0 Å². The average molecular weight is 487 g/mol. The lowest BCUT2D eigenvalue weighted by Crippen LogP contribution is -2.57. The third-order valence-electron chi connectivity index (χ3n) is 8.26. The highest BCUT2D eigenvalue weighted by atomic mass is 16.5. The number of methoxy groups -OCH3 is 1. The number of imidazole rings is 1. The molecule has 2 fully saturated rings. The van der Waals surface area contributed by atoms with E-state index in [0.717, 1.165) is 77.7 Å². The Morgan fingerprint density at radius 2 is 1.72 bits per heavy atom. The van der Waals surface area contributed by atoms with Crippen LogP contribution in [0.2, 0.25) is 0 Å². The van der Waals surface area contributed by atoms with E-state index in [2.05, 4.69) is 59.2 Å². The fraction of sp³-hybridized carbons (Fsp3) is 0.464. The van der Waals surface area contributed by atoms with Crippen molar-refractivity contribution in [1.29, 1.82) is 0 Å². The van der Waals surface area contributed by atoms with Crippen molar-refractivity contribution in [3.63, 3.8) is 0 Å². The minimum absolute atomic E-state index is 0.0298. The number of ether oxygens (including phenoxy) is 1. The third kappa shape index (κ3) is 3.79. The van der Waals surface area contributed by atoms with E-state index < -0.39 is 0 Å². The first kappa shape index (κ1) is 23.2. The Morgan fingerprint density at radius 3 is 2.39 bits per heavy atom. The molecule has 188 valence electrons. The van der Waals surface area contributed by atoms with E-state index in [9.17, 15) is 4.79 Å². The molecule has 1 aliphatic heterocycles. The maximum absolute atomic E-state index is 13.4.